The summed E-state index contributed by atoms with van der Waals surface area (Å²) in [6.45, 7) is 0.214. The van der Waals surface area contributed by atoms with Gasteiger partial charge in [-0.15, -0.1) is 0 Å². The first-order valence-electron chi connectivity index (χ1n) is 7.43. The van der Waals surface area contributed by atoms with Crippen molar-refractivity contribution in [3.05, 3.63) is 29.8 Å². The fourth-order valence-electron chi connectivity index (χ4n) is 2.13. The lowest BCUT2D eigenvalue weighted by atomic mass is 10.3. The zero-order chi connectivity index (χ0) is 19.4. The molecule has 0 radical (unpaired) electrons. The highest BCUT2D eigenvalue weighted by atomic mass is 19.2. The lowest BCUT2D eigenvalue weighted by Crippen LogP contribution is -2.43. The molecular weight excluding hydrogens is 354 g/mol. The Kier molecular flexibility index (Phi) is 5.60. The first-order chi connectivity index (χ1) is 12.2. The average Bonchev–Trinajstić information content (AvgIpc) is 2.79. The van der Waals surface area contributed by atoms with Crippen LogP contribution in [0.15, 0.2) is 18.2 Å². The van der Waals surface area contributed by atoms with Crippen molar-refractivity contribution >= 4 is 35.3 Å². The summed E-state index contributed by atoms with van der Waals surface area (Å²) in [5.41, 5.74) is -0.0165. The molecular formula is C15H14F2N4O5. The van der Waals surface area contributed by atoms with E-state index in [0.717, 1.165) is 18.2 Å². The molecule has 1 heterocycles. The molecule has 1 aliphatic rings. The third-order valence-corrected chi connectivity index (χ3v) is 3.40. The molecule has 26 heavy (non-hydrogen) atoms. The molecule has 2 rings (SSSR count). The van der Waals surface area contributed by atoms with Crippen molar-refractivity contribution in [2.75, 3.05) is 25.0 Å². The molecule has 1 saturated heterocycles. The summed E-state index contributed by atoms with van der Waals surface area (Å²) in [5.74, 6) is -5.97. The Hall–Kier alpha value is -3.37. The van der Waals surface area contributed by atoms with Gasteiger partial charge in [-0.25, -0.2) is 18.5 Å². The van der Waals surface area contributed by atoms with Crippen molar-refractivity contribution in [1.82, 2.24) is 15.1 Å². The number of nitrogens with zero attached hydrogens (tertiary/aromatic N) is 2. The van der Waals surface area contributed by atoms with Gasteiger partial charge in [0.2, 0.25) is 11.8 Å². The third-order valence-electron chi connectivity index (χ3n) is 3.40. The Morgan fingerprint density at radius 1 is 1.00 bits per heavy atom. The maximum atomic E-state index is 13.0. The van der Waals surface area contributed by atoms with Crippen molar-refractivity contribution in [3.8, 4) is 0 Å². The minimum absolute atomic E-state index is 0.0157. The van der Waals surface area contributed by atoms with Crippen molar-refractivity contribution in [2.24, 2.45) is 0 Å². The number of amides is 6. The first kappa shape index (κ1) is 19.0. The Labute approximate surface area is 145 Å². The first-order valence-corrected chi connectivity index (χ1v) is 7.43. The standard InChI is InChI=1S/C15H14F2N4O5/c1-2-20-13(24)14(25)21(15(20)26)7-12(23)18-6-11(22)19-8-3-4-9(16)10(17)5-8/h3-5H,2,6-7H2,1H3,(H,18,23)(H,19,22). The minimum Gasteiger partial charge on any atom is -0.345 e. The second-order valence-corrected chi connectivity index (χ2v) is 5.18. The number of imide groups is 2. The van der Waals surface area contributed by atoms with E-state index in [4.69, 9.17) is 0 Å². The van der Waals surface area contributed by atoms with Crippen LogP contribution in [0.25, 0.3) is 0 Å². The molecule has 0 spiro atoms. The molecule has 0 atom stereocenters. The number of benzene rings is 1. The maximum absolute atomic E-state index is 13.0. The normalized spacial score (nSPS) is 14.0. The van der Waals surface area contributed by atoms with Crippen LogP contribution >= 0.6 is 0 Å². The van der Waals surface area contributed by atoms with Crippen LogP contribution in [0.2, 0.25) is 0 Å². The van der Waals surface area contributed by atoms with Gasteiger partial charge in [-0.05, 0) is 19.1 Å². The van der Waals surface area contributed by atoms with Crippen LogP contribution in [-0.4, -0.2) is 59.1 Å². The van der Waals surface area contributed by atoms with Crippen molar-refractivity contribution in [1.29, 1.82) is 0 Å². The number of carbonyl (C=O) groups is 5. The van der Waals surface area contributed by atoms with Crippen LogP contribution in [-0.2, 0) is 19.2 Å². The molecule has 0 aliphatic carbocycles. The van der Waals surface area contributed by atoms with Gasteiger partial charge in [-0.2, -0.15) is 0 Å². The van der Waals surface area contributed by atoms with E-state index in [2.05, 4.69) is 10.6 Å². The molecule has 138 valence electrons. The van der Waals surface area contributed by atoms with E-state index in [1.54, 1.807) is 0 Å². The van der Waals surface area contributed by atoms with Crippen molar-refractivity contribution in [3.63, 3.8) is 0 Å². The quantitative estimate of drug-likeness (QED) is 0.534. The number of rotatable bonds is 6. The maximum Gasteiger partial charge on any atom is 0.334 e. The SMILES string of the molecule is CCN1C(=O)C(=O)N(CC(=O)NCC(=O)Nc2ccc(F)c(F)c2)C1=O. The summed E-state index contributed by atoms with van der Waals surface area (Å²) in [4.78, 5) is 59.6. The van der Waals surface area contributed by atoms with Gasteiger partial charge in [-0.1, -0.05) is 0 Å². The Morgan fingerprint density at radius 2 is 1.65 bits per heavy atom. The number of nitrogens with one attached hydrogen (secondary N) is 2. The molecule has 0 unspecified atom stereocenters. The number of hydrogen-bond donors (Lipinski definition) is 2. The van der Waals surface area contributed by atoms with Gasteiger partial charge < -0.3 is 10.6 Å². The molecule has 11 heteroatoms. The number of carbonyl (C=O) groups excluding carboxylic acids is 5. The molecule has 1 aliphatic heterocycles. The van der Waals surface area contributed by atoms with Crippen LogP contribution in [0.5, 0.6) is 0 Å². The van der Waals surface area contributed by atoms with E-state index in [9.17, 15) is 32.8 Å². The summed E-state index contributed by atoms with van der Waals surface area (Å²) < 4.78 is 25.8. The number of hydrogen-bond acceptors (Lipinski definition) is 5. The Bertz CT molecular complexity index is 798. The number of halogens is 2. The summed E-state index contributed by atoms with van der Waals surface area (Å²) >= 11 is 0. The molecule has 0 bridgehead atoms. The zero-order valence-corrected chi connectivity index (χ0v) is 13.5. The zero-order valence-electron chi connectivity index (χ0n) is 13.5. The molecule has 0 saturated carbocycles. The van der Waals surface area contributed by atoms with Crippen LogP contribution < -0.4 is 10.6 Å². The van der Waals surface area contributed by atoms with Crippen molar-refractivity contribution in [2.45, 2.75) is 6.92 Å². The highest BCUT2D eigenvalue weighted by Crippen LogP contribution is 2.13. The Morgan fingerprint density at radius 3 is 2.23 bits per heavy atom. The molecule has 1 fully saturated rings. The summed E-state index contributed by atoms with van der Waals surface area (Å²) in [7, 11) is 0. The van der Waals surface area contributed by atoms with Gasteiger partial charge in [-0.3, -0.25) is 24.1 Å². The fraction of sp³-hybridized carbons (Fsp3) is 0.267. The second kappa shape index (κ2) is 7.68. The largest absolute Gasteiger partial charge is 0.345 e. The van der Waals surface area contributed by atoms with E-state index in [1.165, 1.54) is 6.92 Å². The van der Waals surface area contributed by atoms with Gasteiger partial charge in [0.05, 0.1) is 6.54 Å². The molecule has 2 N–H and O–H groups in total. The lowest BCUT2D eigenvalue weighted by molar-refractivity contribution is -0.144. The molecule has 9 nitrogen and oxygen atoms in total. The molecule has 1 aromatic rings. The highest BCUT2D eigenvalue weighted by molar-refractivity contribution is 6.45. The van der Waals surface area contributed by atoms with Gasteiger partial charge in [0, 0.05) is 18.3 Å². The van der Waals surface area contributed by atoms with Crippen LogP contribution in [0.1, 0.15) is 6.92 Å². The predicted octanol–water partition coefficient (Wildman–Crippen LogP) is -0.170. The van der Waals surface area contributed by atoms with Gasteiger partial charge in [0.15, 0.2) is 11.6 Å². The second-order valence-electron chi connectivity index (χ2n) is 5.18. The number of anilines is 1. The predicted molar refractivity (Wildman–Crippen MR) is 82.5 cm³/mol. The van der Waals surface area contributed by atoms with Crippen LogP contribution in [0, 0.1) is 11.6 Å². The minimum atomic E-state index is -1.15. The summed E-state index contributed by atoms with van der Waals surface area (Å²) in [6, 6.07) is 1.81. The number of likely N-dealkylation sites (N-methyl/N-ethyl adjacent to an activating group) is 1. The van der Waals surface area contributed by atoms with Gasteiger partial charge >= 0.3 is 17.8 Å². The Balaban J connectivity index is 1.85. The van der Waals surface area contributed by atoms with Crippen LogP contribution in [0.4, 0.5) is 19.3 Å². The van der Waals surface area contributed by atoms with E-state index in [-0.39, 0.29) is 12.2 Å². The van der Waals surface area contributed by atoms with Crippen LogP contribution in [0.3, 0.4) is 0 Å². The van der Waals surface area contributed by atoms with Crippen molar-refractivity contribution < 1.29 is 32.8 Å². The topological polar surface area (TPSA) is 116 Å². The third kappa shape index (κ3) is 3.99. The molecule has 6 amide bonds. The number of urea groups is 1. The van der Waals surface area contributed by atoms with E-state index < -0.39 is 54.4 Å². The molecule has 1 aromatic carbocycles. The monoisotopic (exact) mass is 368 g/mol. The fourth-order valence-corrected chi connectivity index (χ4v) is 2.13. The lowest BCUT2D eigenvalue weighted by Gasteiger charge is -2.14. The van der Waals surface area contributed by atoms with Gasteiger partial charge in [0.25, 0.3) is 0 Å². The average molecular weight is 368 g/mol. The van der Waals surface area contributed by atoms with E-state index in [0.29, 0.717) is 9.80 Å². The smallest absolute Gasteiger partial charge is 0.334 e. The van der Waals surface area contributed by atoms with Gasteiger partial charge in [0.1, 0.15) is 6.54 Å². The summed E-state index contributed by atoms with van der Waals surface area (Å²) in [6.07, 6.45) is 0. The van der Waals surface area contributed by atoms with E-state index >= 15 is 0 Å². The highest BCUT2D eigenvalue weighted by Gasteiger charge is 2.44. The van der Waals surface area contributed by atoms with E-state index in [1.807, 2.05) is 0 Å². The molecule has 0 aromatic heterocycles. The summed E-state index contributed by atoms with van der Waals surface area (Å²) in [5, 5.41) is 4.38.